The van der Waals surface area contributed by atoms with Gasteiger partial charge in [-0.1, -0.05) is 21.1 Å². The Kier molecular flexibility index (Phi) is 3.11. The van der Waals surface area contributed by atoms with Gasteiger partial charge in [-0.2, -0.15) is 0 Å². The monoisotopic (exact) mass is 271 g/mol. The normalized spacial score (nSPS) is 13.5. The first-order valence-corrected chi connectivity index (χ1v) is 5.53. The number of fused-ring (bicyclic) bond motifs is 1. The van der Waals surface area contributed by atoms with Gasteiger partial charge in [0, 0.05) is 16.5 Å². The third kappa shape index (κ3) is 1.92. The van der Waals surface area contributed by atoms with Crippen LogP contribution in [0.5, 0.6) is 11.5 Å². The molecule has 5 heteroatoms. The van der Waals surface area contributed by atoms with Crippen molar-refractivity contribution in [2.24, 2.45) is 5.16 Å². The number of hydrogen-bond acceptors (Lipinski definition) is 4. The van der Waals surface area contributed by atoms with Crippen LogP contribution in [0.3, 0.4) is 0 Å². The van der Waals surface area contributed by atoms with E-state index in [4.69, 9.17) is 9.47 Å². The molecule has 4 nitrogen and oxygen atoms in total. The molecule has 0 saturated carbocycles. The van der Waals surface area contributed by atoms with Crippen LogP contribution in [0.1, 0.15) is 11.1 Å². The van der Waals surface area contributed by atoms with E-state index in [-0.39, 0.29) is 6.79 Å². The Morgan fingerprint density at radius 3 is 3.13 bits per heavy atom. The first-order chi connectivity index (χ1) is 7.36. The van der Waals surface area contributed by atoms with Crippen LogP contribution >= 0.6 is 15.9 Å². The maximum atomic E-state index is 5.39. The molecular weight excluding hydrogens is 262 g/mol. The molecular formula is C10H10BrNO3. The van der Waals surface area contributed by atoms with Crippen molar-refractivity contribution in [2.75, 3.05) is 13.9 Å². The van der Waals surface area contributed by atoms with Gasteiger partial charge >= 0.3 is 0 Å². The molecule has 0 saturated heterocycles. The van der Waals surface area contributed by atoms with Gasteiger partial charge in [0.25, 0.3) is 0 Å². The highest BCUT2D eigenvalue weighted by Crippen LogP contribution is 2.38. The minimum Gasteiger partial charge on any atom is -0.454 e. The van der Waals surface area contributed by atoms with Gasteiger partial charge in [0.05, 0.1) is 6.21 Å². The van der Waals surface area contributed by atoms with Gasteiger partial charge in [0.2, 0.25) is 6.79 Å². The fourth-order valence-electron chi connectivity index (χ4n) is 1.41. The zero-order chi connectivity index (χ0) is 10.7. The average Bonchev–Trinajstić information content (AvgIpc) is 2.73. The van der Waals surface area contributed by atoms with Crippen molar-refractivity contribution in [1.82, 2.24) is 0 Å². The summed E-state index contributed by atoms with van der Waals surface area (Å²) in [5, 5.41) is 4.42. The van der Waals surface area contributed by atoms with E-state index < -0.39 is 0 Å². The first kappa shape index (κ1) is 10.3. The molecule has 2 rings (SSSR count). The lowest BCUT2D eigenvalue weighted by Crippen LogP contribution is -1.95. The fraction of sp³-hybridized carbons (Fsp3) is 0.300. The molecule has 80 valence electrons. The van der Waals surface area contributed by atoms with E-state index in [0.29, 0.717) is 5.33 Å². The van der Waals surface area contributed by atoms with Crippen LogP contribution in [0.4, 0.5) is 0 Å². The van der Waals surface area contributed by atoms with E-state index >= 15 is 0 Å². The van der Waals surface area contributed by atoms with E-state index in [1.54, 1.807) is 6.21 Å². The SMILES string of the molecule is CO/N=C/c1ccc2c(c1CBr)OCO2. The highest BCUT2D eigenvalue weighted by atomic mass is 79.9. The van der Waals surface area contributed by atoms with E-state index in [1.807, 2.05) is 12.1 Å². The van der Waals surface area contributed by atoms with Crippen LogP contribution in [0.25, 0.3) is 0 Å². The molecule has 1 aliphatic heterocycles. The molecule has 0 aromatic heterocycles. The average molecular weight is 272 g/mol. The third-order valence-corrected chi connectivity index (χ3v) is 2.67. The Bertz CT molecular complexity index is 392. The van der Waals surface area contributed by atoms with Gasteiger partial charge in [-0.05, 0) is 12.1 Å². The number of ether oxygens (including phenoxy) is 2. The summed E-state index contributed by atoms with van der Waals surface area (Å²) in [5.41, 5.74) is 1.98. The summed E-state index contributed by atoms with van der Waals surface area (Å²) in [5.74, 6) is 1.56. The van der Waals surface area contributed by atoms with E-state index in [2.05, 4.69) is 25.9 Å². The van der Waals surface area contributed by atoms with Gasteiger partial charge in [-0.15, -0.1) is 0 Å². The largest absolute Gasteiger partial charge is 0.454 e. The Balaban J connectivity index is 2.43. The predicted molar refractivity (Wildman–Crippen MR) is 59.8 cm³/mol. The van der Waals surface area contributed by atoms with Gasteiger partial charge in [-0.3, -0.25) is 0 Å². The van der Waals surface area contributed by atoms with Crippen LogP contribution in [0.15, 0.2) is 17.3 Å². The molecule has 0 N–H and O–H groups in total. The molecule has 1 aromatic rings. The second kappa shape index (κ2) is 4.53. The van der Waals surface area contributed by atoms with Crippen molar-refractivity contribution >= 4 is 22.1 Å². The molecule has 0 bridgehead atoms. The Morgan fingerprint density at radius 1 is 1.53 bits per heavy atom. The fourth-order valence-corrected chi connectivity index (χ4v) is 1.99. The van der Waals surface area contributed by atoms with Gasteiger partial charge in [-0.25, -0.2) is 0 Å². The minimum atomic E-state index is 0.278. The smallest absolute Gasteiger partial charge is 0.231 e. The number of oxime groups is 1. The number of nitrogens with zero attached hydrogens (tertiary/aromatic N) is 1. The van der Waals surface area contributed by atoms with Crippen molar-refractivity contribution < 1.29 is 14.3 Å². The molecule has 0 spiro atoms. The highest BCUT2D eigenvalue weighted by Gasteiger charge is 2.19. The summed E-state index contributed by atoms with van der Waals surface area (Å²) < 4.78 is 10.7. The van der Waals surface area contributed by atoms with Crippen molar-refractivity contribution in [3.05, 3.63) is 23.3 Å². The lowest BCUT2D eigenvalue weighted by molar-refractivity contribution is 0.173. The predicted octanol–water partition coefficient (Wildman–Crippen LogP) is 2.29. The maximum Gasteiger partial charge on any atom is 0.231 e. The lowest BCUT2D eigenvalue weighted by atomic mass is 10.1. The zero-order valence-corrected chi connectivity index (χ0v) is 9.78. The maximum absolute atomic E-state index is 5.39. The third-order valence-electron chi connectivity index (χ3n) is 2.11. The quantitative estimate of drug-likeness (QED) is 0.481. The van der Waals surface area contributed by atoms with E-state index in [0.717, 1.165) is 22.6 Å². The molecule has 15 heavy (non-hydrogen) atoms. The number of benzene rings is 1. The lowest BCUT2D eigenvalue weighted by Gasteiger charge is -2.05. The molecule has 1 heterocycles. The summed E-state index contributed by atoms with van der Waals surface area (Å²) in [4.78, 5) is 4.65. The molecule has 1 aliphatic rings. The second-order valence-electron chi connectivity index (χ2n) is 2.92. The van der Waals surface area contributed by atoms with Gasteiger partial charge in [0.1, 0.15) is 7.11 Å². The molecule has 0 radical (unpaired) electrons. The summed E-state index contributed by atoms with van der Waals surface area (Å²) in [6.45, 7) is 0.278. The van der Waals surface area contributed by atoms with Crippen LogP contribution in [-0.4, -0.2) is 20.1 Å². The molecule has 0 unspecified atom stereocenters. The van der Waals surface area contributed by atoms with E-state index in [9.17, 15) is 0 Å². The van der Waals surface area contributed by atoms with Gasteiger partial charge in [0.15, 0.2) is 11.5 Å². The Labute approximate surface area is 95.9 Å². The van der Waals surface area contributed by atoms with Crippen molar-refractivity contribution in [3.63, 3.8) is 0 Å². The standard InChI is InChI=1S/C10H10BrNO3/c1-13-12-5-7-2-3-9-10(8(7)4-11)15-6-14-9/h2-3,5H,4,6H2,1H3/b12-5+. The van der Waals surface area contributed by atoms with Crippen molar-refractivity contribution in [2.45, 2.75) is 5.33 Å². The summed E-state index contributed by atoms with van der Waals surface area (Å²) >= 11 is 3.42. The number of hydrogen-bond donors (Lipinski definition) is 0. The topological polar surface area (TPSA) is 40.0 Å². The number of rotatable bonds is 3. The molecule has 0 fully saturated rings. The molecule has 0 aliphatic carbocycles. The second-order valence-corrected chi connectivity index (χ2v) is 3.48. The molecule has 1 aromatic carbocycles. The zero-order valence-electron chi connectivity index (χ0n) is 8.20. The van der Waals surface area contributed by atoms with E-state index in [1.165, 1.54) is 7.11 Å². The Morgan fingerprint density at radius 2 is 2.40 bits per heavy atom. The van der Waals surface area contributed by atoms with Crippen LogP contribution in [-0.2, 0) is 10.2 Å². The van der Waals surface area contributed by atoms with Crippen LogP contribution in [0.2, 0.25) is 0 Å². The number of alkyl halides is 1. The molecule has 0 amide bonds. The van der Waals surface area contributed by atoms with Crippen LogP contribution < -0.4 is 9.47 Å². The highest BCUT2D eigenvalue weighted by molar-refractivity contribution is 9.08. The summed E-state index contributed by atoms with van der Waals surface area (Å²) in [6, 6.07) is 3.79. The minimum absolute atomic E-state index is 0.278. The van der Waals surface area contributed by atoms with Crippen molar-refractivity contribution in [1.29, 1.82) is 0 Å². The summed E-state index contributed by atoms with van der Waals surface area (Å²) in [7, 11) is 1.51. The first-order valence-electron chi connectivity index (χ1n) is 4.40. The molecule has 0 atom stereocenters. The Hall–Kier alpha value is -1.23. The van der Waals surface area contributed by atoms with Gasteiger partial charge < -0.3 is 14.3 Å². The van der Waals surface area contributed by atoms with Crippen molar-refractivity contribution in [3.8, 4) is 11.5 Å². The number of halogens is 1. The van der Waals surface area contributed by atoms with Crippen LogP contribution in [0, 0.1) is 0 Å². The summed E-state index contributed by atoms with van der Waals surface area (Å²) in [6.07, 6.45) is 1.65.